The minimum atomic E-state index is 0.371. The smallest absolute Gasteiger partial charge is 0.216 e. The molecule has 0 aliphatic rings. The zero-order chi connectivity index (χ0) is 16.4. The predicted octanol–water partition coefficient (Wildman–Crippen LogP) is 5.56. The summed E-state index contributed by atoms with van der Waals surface area (Å²) in [6.45, 7) is 0. The van der Waals surface area contributed by atoms with E-state index < -0.39 is 0 Å². The van der Waals surface area contributed by atoms with Crippen molar-refractivity contribution in [1.29, 1.82) is 0 Å². The van der Waals surface area contributed by atoms with Gasteiger partial charge in [-0.3, -0.25) is 0 Å². The van der Waals surface area contributed by atoms with Crippen molar-refractivity contribution < 1.29 is 0 Å². The summed E-state index contributed by atoms with van der Waals surface area (Å²) >= 11 is 21.0. The van der Waals surface area contributed by atoms with Crippen molar-refractivity contribution in [3.8, 4) is 11.4 Å². The highest BCUT2D eigenvalue weighted by atomic mass is 79.9. The zero-order valence-electron chi connectivity index (χ0n) is 11.5. The average Bonchev–Trinajstić information content (AvgIpc) is 2.88. The van der Waals surface area contributed by atoms with E-state index in [0.717, 1.165) is 10.0 Å². The Morgan fingerprint density at radius 3 is 2.52 bits per heavy atom. The molecule has 0 atom stereocenters. The van der Waals surface area contributed by atoms with E-state index >= 15 is 0 Å². The summed E-state index contributed by atoms with van der Waals surface area (Å²) in [5, 5.41) is 12.4. The van der Waals surface area contributed by atoms with E-state index in [1.807, 2.05) is 24.3 Å². The molecule has 0 bridgehead atoms. The summed E-state index contributed by atoms with van der Waals surface area (Å²) in [5.41, 5.74) is 1.49. The van der Waals surface area contributed by atoms with Crippen molar-refractivity contribution in [2.24, 2.45) is 5.10 Å². The Labute approximate surface area is 155 Å². The topological polar surface area (TPSA) is 46.0 Å². The standard InChI is InChI=1S/C15H9BrCl2N4S/c16-11-5-2-1-4-9(11)14-20-21-15(23)22(14)19-8-10-12(17)6-3-7-13(10)18/h1-8H,(H,21,23)/b19-8-. The third kappa shape index (κ3) is 3.40. The van der Waals surface area contributed by atoms with Crippen LogP contribution < -0.4 is 0 Å². The second kappa shape index (κ2) is 6.97. The van der Waals surface area contributed by atoms with Crippen molar-refractivity contribution in [1.82, 2.24) is 14.9 Å². The van der Waals surface area contributed by atoms with Gasteiger partial charge in [0.15, 0.2) is 5.82 Å². The Kier molecular flexibility index (Phi) is 4.96. The second-order valence-electron chi connectivity index (χ2n) is 4.52. The molecule has 4 nitrogen and oxygen atoms in total. The molecule has 1 heterocycles. The summed E-state index contributed by atoms with van der Waals surface area (Å²) in [6.07, 6.45) is 1.57. The van der Waals surface area contributed by atoms with Crippen LogP contribution in [0.15, 0.2) is 52.0 Å². The van der Waals surface area contributed by atoms with Crippen molar-refractivity contribution in [3.63, 3.8) is 0 Å². The molecule has 3 aromatic rings. The molecular formula is C15H9BrCl2N4S. The molecule has 0 unspecified atom stereocenters. The first kappa shape index (κ1) is 16.4. The number of H-pyrrole nitrogens is 1. The largest absolute Gasteiger partial charge is 0.250 e. The number of rotatable bonds is 3. The Morgan fingerprint density at radius 2 is 1.83 bits per heavy atom. The second-order valence-corrected chi connectivity index (χ2v) is 6.58. The number of benzene rings is 2. The normalized spacial score (nSPS) is 11.3. The van der Waals surface area contributed by atoms with Gasteiger partial charge in [-0.15, -0.1) is 0 Å². The first-order valence-electron chi connectivity index (χ1n) is 6.48. The predicted molar refractivity (Wildman–Crippen MR) is 100 cm³/mol. The van der Waals surface area contributed by atoms with Crippen LogP contribution in [0.5, 0.6) is 0 Å². The van der Waals surface area contributed by atoms with Crippen molar-refractivity contribution >= 4 is 57.6 Å². The maximum Gasteiger partial charge on any atom is 0.216 e. The molecule has 23 heavy (non-hydrogen) atoms. The Morgan fingerprint density at radius 1 is 1.13 bits per heavy atom. The fourth-order valence-electron chi connectivity index (χ4n) is 1.97. The highest BCUT2D eigenvalue weighted by Crippen LogP contribution is 2.27. The number of aromatic amines is 1. The van der Waals surface area contributed by atoms with Gasteiger partial charge >= 0.3 is 0 Å². The molecule has 0 fully saturated rings. The average molecular weight is 428 g/mol. The monoisotopic (exact) mass is 426 g/mol. The van der Waals surface area contributed by atoms with E-state index in [1.54, 1.807) is 24.4 Å². The first-order chi connectivity index (χ1) is 11.1. The molecule has 0 saturated carbocycles. The van der Waals surface area contributed by atoms with E-state index in [0.29, 0.717) is 26.2 Å². The summed E-state index contributed by atoms with van der Waals surface area (Å²) in [6, 6.07) is 13.0. The number of nitrogens with one attached hydrogen (secondary N) is 1. The minimum Gasteiger partial charge on any atom is -0.250 e. The van der Waals surface area contributed by atoms with Crippen LogP contribution in [0.1, 0.15) is 5.56 Å². The van der Waals surface area contributed by atoms with Gasteiger partial charge < -0.3 is 0 Å². The van der Waals surface area contributed by atoms with Gasteiger partial charge in [-0.1, -0.05) is 57.3 Å². The van der Waals surface area contributed by atoms with Crippen LogP contribution in [-0.2, 0) is 0 Å². The summed E-state index contributed by atoms with van der Waals surface area (Å²) < 4.78 is 2.78. The molecule has 0 radical (unpaired) electrons. The van der Waals surface area contributed by atoms with E-state index in [4.69, 9.17) is 35.4 Å². The van der Waals surface area contributed by atoms with Crippen LogP contribution in [0.25, 0.3) is 11.4 Å². The highest BCUT2D eigenvalue weighted by molar-refractivity contribution is 9.10. The quantitative estimate of drug-likeness (QED) is 0.439. The molecule has 1 N–H and O–H groups in total. The summed E-state index contributed by atoms with van der Waals surface area (Å²) in [4.78, 5) is 0. The van der Waals surface area contributed by atoms with Crippen molar-refractivity contribution in [2.45, 2.75) is 0 Å². The molecule has 1 aromatic heterocycles. The SMILES string of the molecule is S=c1[nH]nc(-c2ccccc2Br)n1/N=C\c1c(Cl)cccc1Cl. The lowest BCUT2D eigenvalue weighted by Crippen LogP contribution is -1.96. The van der Waals surface area contributed by atoms with Crippen LogP contribution in [-0.4, -0.2) is 21.1 Å². The van der Waals surface area contributed by atoms with E-state index in [-0.39, 0.29) is 0 Å². The van der Waals surface area contributed by atoms with Gasteiger partial charge in [0.1, 0.15) is 0 Å². The van der Waals surface area contributed by atoms with Gasteiger partial charge in [-0.25, -0.2) is 5.10 Å². The molecule has 0 aliphatic carbocycles. The zero-order valence-corrected chi connectivity index (χ0v) is 15.4. The van der Waals surface area contributed by atoms with E-state index in [2.05, 4.69) is 31.2 Å². The van der Waals surface area contributed by atoms with E-state index in [1.165, 1.54) is 4.68 Å². The van der Waals surface area contributed by atoms with Gasteiger partial charge in [0.25, 0.3) is 0 Å². The number of hydrogen-bond acceptors (Lipinski definition) is 3. The van der Waals surface area contributed by atoms with Crippen LogP contribution in [0, 0.1) is 4.77 Å². The summed E-state index contributed by atoms with van der Waals surface area (Å²) in [5.74, 6) is 0.585. The lowest BCUT2D eigenvalue weighted by Gasteiger charge is -2.04. The Bertz CT molecular complexity index is 928. The van der Waals surface area contributed by atoms with Gasteiger partial charge in [0, 0.05) is 15.6 Å². The number of halogens is 3. The Hall–Kier alpha value is -1.47. The van der Waals surface area contributed by atoms with Gasteiger partial charge in [-0.2, -0.15) is 14.9 Å². The van der Waals surface area contributed by atoms with E-state index in [9.17, 15) is 0 Å². The van der Waals surface area contributed by atoms with Crippen LogP contribution in [0.3, 0.4) is 0 Å². The molecule has 3 rings (SSSR count). The number of aromatic nitrogens is 3. The molecule has 116 valence electrons. The first-order valence-corrected chi connectivity index (χ1v) is 8.44. The number of hydrogen-bond donors (Lipinski definition) is 1. The molecule has 2 aromatic carbocycles. The fourth-order valence-corrected chi connectivity index (χ4v) is 3.10. The molecular weight excluding hydrogens is 419 g/mol. The molecule has 8 heteroatoms. The van der Waals surface area contributed by atoms with Gasteiger partial charge in [-0.05, 0) is 36.5 Å². The summed E-state index contributed by atoms with van der Waals surface area (Å²) in [7, 11) is 0. The van der Waals surface area contributed by atoms with Crippen LogP contribution in [0.2, 0.25) is 10.0 Å². The van der Waals surface area contributed by atoms with Crippen LogP contribution in [0.4, 0.5) is 0 Å². The fraction of sp³-hybridized carbons (Fsp3) is 0. The third-order valence-electron chi connectivity index (χ3n) is 3.07. The highest BCUT2D eigenvalue weighted by Gasteiger charge is 2.11. The maximum absolute atomic E-state index is 6.15. The molecule has 0 spiro atoms. The maximum atomic E-state index is 6.15. The third-order valence-corrected chi connectivity index (χ3v) is 4.68. The van der Waals surface area contributed by atoms with Crippen molar-refractivity contribution in [2.75, 3.05) is 0 Å². The van der Waals surface area contributed by atoms with Gasteiger partial charge in [0.2, 0.25) is 4.77 Å². The lowest BCUT2D eigenvalue weighted by atomic mass is 10.2. The van der Waals surface area contributed by atoms with Gasteiger partial charge in [0.05, 0.1) is 16.3 Å². The Balaban J connectivity index is 2.09. The number of nitrogens with zero attached hydrogens (tertiary/aromatic N) is 3. The lowest BCUT2D eigenvalue weighted by molar-refractivity contribution is 0.871. The van der Waals surface area contributed by atoms with Crippen LogP contribution >= 0.6 is 51.3 Å². The van der Waals surface area contributed by atoms with Crippen molar-refractivity contribution in [3.05, 3.63) is 67.3 Å². The molecule has 0 aliphatic heterocycles. The molecule has 0 saturated heterocycles. The molecule has 0 amide bonds. The minimum absolute atomic E-state index is 0.371.